The molecule has 0 bridgehead atoms. The molecule has 1 saturated carbocycles. The highest BCUT2D eigenvalue weighted by molar-refractivity contribution is 7.99. The molecular weight excluding hydrogens is 247 g/mol. The fourth-order valence-electron chi connectivity index (χ4n) is 2.21. The molecule has 5 heteroatoms. The average Bonchev–Trinajstić information content (AvgIpc) is 2.28. The van der Waals surface area contributed by atoms with E-state index in [1.54, 1.807) is 11.8 Å². The van der Waals surface area contributed by atoms with Gasteiger partial charge in [-0.15, -0.1) is 18.2 Å². The third-order valence-electron chi connectivity index (χ3n) is 3.02. The summed E-state index contributed by atoms with van der Waals surface area (Å²) in [6.45, 7) is 0.601. The highest BCUT2D eigenvalue weighted by Gasteiger charge is 2.45. The number of nitrogens with one attached hydrogen (secondary N) is 1. The lowest BCUT2D eigenvalue weighted by Crippen LogP contribution is -2.46. The molecule has 1 aliphatic rings. The van der Waals surface area contributed by atoms with Crippen molar-refractivity contribution >= 4 is 11.8 Å². The molecule has 1 rings (SSSR count). The fraction of sp³-hybridized carbons (Fsp3) is 0.833. The summed E-state index contributed by atoms with van der Waals surface area (Å²) in [6.07, 6.45) is 3.50. The second kappa shape index (κ2) is 7.17. The van der Waals surface area contributed by atoms with E-state index in [-0.39, 0.29) is 6.42 Å². The minimum absolute atomic E-state index is 0.263. The van der Waals surface area contributed by atoms with Crippen molar-refractivity contribution in [3.05, 3.63) is 0 Å². The first-order chi connectivity index (χ1) is 8.05. The minimum Gasteiger partial charge on any atom is -0.313 e. The zero-order chi connectivity index (χ0) is 12.7. The lowest BCUT2D eigenvalue weighted by molar-refractivity contribution is -0.188. The normalized spacial score (nSPS) is 25.5. The molecule has 0 aliphatic heterocycles. The predicted octanol–water partition coefficient (Wildman–Crippen LogP) is 3.06. The maximum absolute atomic E-state index is 12.7. The topological polar surface area (TPSA) is 12.0 Å². The Balaban J connectivity index is 2.31. The summed E-state index contributed by atoms with van der Waals surface area (Å²) in [5.74, 6) is 2.71. The smallest absolute Gasteiger partial charge is 0.313 e. The van der Waals surface area contributed by atoms with E-state index in [1.165, 1.54) is 0 Å². The largest absolute Gasteiger partial charge is 0.393 e. The van der Waals surface area contributed by atoms with Crippen LogP contribution in [0.1, 0.15) is 25.7 Å². The Morgan fingerprint density at radius 1 is 1.29 bits per heavy atom. The molecule has 0 amide bonds. The molecule has 1 N–H and O–H groups in total. The van der Waals surface area contributed by atoms with E-state index < -0.39 is 18.1 Å². The minimum atomic E-state index is -4.07. The molecule has 17 heavy (non-hydrogen) atoms. The van der Waals surface area contributed by atoms with E-state index in [1.807, 2.05) is 0 Å². The van der Waals surface area contributed by atoms with Gasteiger partial charge in [0, 0.05) is 18.3 Å². The van der Waals surface area contributed by atoms with E-state index in [0.29, 0.717) is 25.1 Å². The predicted molar refractivity (Wildman–Crippen MR) is 66.0 cm³/mol. The first-order valence-corrected chi connectivity index (χ1v) is 7.02. The molecule has 98 valence electrons. The van der Waals surface area contributed by atoms with Crippen LogP contribution in [0, 0.1) is 18.3 Å². The Morgan fingerprint density at radius 3 is 2.65 bits per heavy atom. The second-order valence-electron chi connectivity index (χ2n) is 4.25. The van der Waals surface area contributed by atoms with Gasteiger partial charge in [-0.25, -0.2) is 0 Å². The second-order valence-corrected chi connectivity index (χ2v) is 5.36. The molecule has 1 fully saturated rings. The van der Waals surface area contributed by atoms with Crippen molar-refractivity contribution in [3.63, 3.8) is 0 Å². The molecule has 0 saturated heterocycles. The molecule has 2 atom stereocenters. The van der Waals surface area contributed by atoms with Gasteiger partial charge in [0.05, 0.1) is 11.7 Å². The van der Waals surface area contributed by atoms with Gasteiger partial charge in [-0.3, -0.25) is 0 Å². The highest BCUT2D eigenvalue weighted by Crippen LogP contribution is 2.37. The van der Waals surface area contributed by atoms with Crippen LogP contribution in [0.2, 0.25) is 0 Å². The molecule has 0 aromatic heterocycles. The Hall–Kier alpha value is -0.340. The summed E-state index contributed by atoms with van der Waals surface area (Å²) in [4.78, 5) is 0. The van der Waals surface area contributed by atoms with E-state index in [4.69, 9.17) is 6.42 Å². The van der Waals surface area contributed by atoms with Gasteiger partial charge in [-0.2, -0.15) is 13.2 Å². The summed E-state index contributed by atoms with van der Waals surface area (Å²) in [5.41, 5.74) is 0. The highest BCUT2D eigenvalue weighted by atomic mass is 32.2. The van der Waals surface area contributed by atoms with Crippen LogP contribution in [0.25, 0.3) is 0 Å². The van der Waals surface area contributed by atoms with Crippen molar-refractivity contribution in [2.75, 3.05) is 18.1 Å². The zero-order valence-corrected chi connectivity index (χ0v) is 10.5. The van der Waals surface area contributed by atoms with Gasteiger partial charge in [-0.05, 0) is 12.8 Å². The third kappa shape index (κ3) is 5.22. The van der Waals surface area contributed by atoms with Crippen LogP contribution in [0.15, 0.2) is 0 Å². The van der Waals surface area contributed by atoms with Crippen LogP contribution in [0.5, 0.6) is 0 Å². The number of halogens is 3. The van der Waals surface area contributed by atoms with Crippen molar-refractivity contribution in [2.45, 2.75) is 37.9 Å². The van der Waals surface area contributed by atoms with Crippen LogP contribution in [0.4, 0.5) is 13.2 Å². The van der Waals surface area contributed by atoms with Gasteiger partial charge < -0.3 is 5.32 Å². The molecule has 1 aliphatic carbocycles. The molecule has 0 radical (unpaired) electrons. The zero-order valence-electron chi connectivity index (χ0n) is 9.72. The van der Waals surface area contributed by atoms with E-state index in [9.17, 15) is 13.2 Å². The Bertz CT molecular complexity index is 259. The number of terminal acetylenes is 1. The van der Waals surface area contributed by atoms with Crippen LogP contribution < -0.4 is 5.32 Å². The van der Waals surface area contributed by atoms with Gasteiger partial charge in [0.15, 0.2) is 0 Å². The summed E-state index contributed by atoms with van der Waals surface area (Å²) in [6, 6.07) is -0.407. The first kappa shape index (κ1) is 14.7. The lowest BCUT2D eigenvalue weighted by Gasteiger charge is -2.33. The third-order valence-corrected chi connectivity index (χ3v) is 3.89. The van der Waals surface area contributed by atoms with Gasteiger partial charge in [-0.1, -0.05) is 18.8 Å². The molecule has 2 unspecified atom stereocenters. The summed E-state index contributed by atoms with van der Waals surface area (Å²) in [5, 5.41) is 3.03. The van der Waals surface area contributed by atoms with Gasteiger partial charge in [0.2, 0.25) is 0 Å². The average molecular weight is 265 g/mol. The fourth-order valence-corrected chi connectivity index (χ4v) is 2.74. The van der Waals surface area contributed by atoms with Crippen molar-refractivity contribution in [2.24, 2.45) is 5.92 Å². The van der Waals surface area contributed by atoms with Crippen molar-refractivity contribution in [1.29, 1.82) is 0 Å². The van der Waals surface area contributed by atoms with Crippen molar-refractivity contribution < 1.29 is 13.2 Å². The number of thioether (sulfide) groups is 1. The Kier molecular flexibility index (Phi) is 6.21. The van der Waals surface area contributed by atoms with Crippen LogP contribution in [-0.4, -0.2) is 30.3 Å². The van der Waals surface area contributed by atoms with E-state index >= 15 is 0 Å². The van der Waals surface area contributed by atoms with Crippen LogP contribution >= 0.6 is 11.8 Å². The van der Waals surface area contributed by atoms with Crippen molar-refractivity contribution in [3.8, 4) is 12.3 Å². The standard InChI is InChI=1S/C12H18F3NS/c1-2-8-17-9-7-16-11-6-4-3-5-10(11)12(13,14)15/h1,10-11,16H,3-9H2. The van der Waals surface area contributed by atoms with Crippen molar-refractivity contribution in [1.82, 2.24) is 5.32 Å². The van der Waals surface area contributed by atoms with Gasteiger partial charge >= 0.3 is 6.18 Å². The monoisotopic (exact) mass is 265 g/mol. The van der Waals surface area contributed by atoms with Gasteiger partial charge in [0.25, 0.3) is 0 Å². The molecule has 0 aromatic rings. The molecule has 0 heterocycles. The molecule has 0 aromatic carbocycles. The quantitative estimate of drug-likeness (QED) is 0.605. The van der Waals surface area contributed by atoms with E-state index in [2.05, 4.69) is 11.2 Å². The van der Waals surface area contributed by atoms with Crippen LogP contribution in [0.3, 0.4) is 0 Å². The maximum Gasteiger partial charge on any atom is 0.393 e. The maximum atomic E-state index is 12.7. The number of rotatable bonds is 5. The Labute approximate surface area is 105 Å². The summed E-state index contributed by atoms with van der Waals surface area (Å²) >= 11 is 1.57. The summed E-state index contributed by atoms with van der Waals surface area (Å²) < 4.78 is 38.2. The molecule has 1 nitrogen and oxygen atoms in total. The number of hydrogen-bond donors (Lipinski definition) is 1. The van der Waals surface area contributed by atoms with E-state index in [0.717, 1.165) is 12.2 Å². The Morgan fingerprint density at radius 2 is 2.00 bits per heavy atom. The van der Waals surface area contributed by atoms with Gasteiger partial charge in [0.1, 0.15) is 0 Å². The SMILES string of the molecule is C#CCSCCNC1CCCCC1C(F)(F)F. The first-order valence-electron chi connectivity index (χ1n) is 5.87. The number of alkyl halides is 3. The summed E-state index contributed by atoms with van der Waals surface area (Å²) in [7, 11) is 0. The number of hydrogen-bond acceptors (Lipinski definition) is 2. The van der Waals surface area contributed by atoms with Crippen LogP contribution in [-0.2, 0) is 0 Å². The molecule has 0 spiro atoms. The molecular formula is C12H18F3NS. The lowest BCUT2D eigenvalue weighted by atomic mass is 9.84.